The molecule has 0 aliphatic carbocycles. The molecule has 0 spiro atoms. The number of anilines is 1. The standard InChI is InChI=1S/C15H15ClN2O5S/c1-24(20,21)18-9-14(15(19)17-8-11-3-2-6-22-11)23-13-5-4-10(16)7-12(13)18/h2-7,14H,8-9H2,1H3,(H,17,19)/t14-/m1/s1. The van der Waals surface area contributed by atoms with Gasteiger partial charge in [-0.05, 0) is 30.3 Å². The molecule has 24 heavy (non-hydrogen) atoms. The summed E-state index contributed by atoms with van der Waals surface area (Å²) in [7, 11) is -3.58. The summed E-state index contributed by atoms with van der Waals surface area (Å²) in [6.07, 6.45) is 1.61. The molecule has 0 bridgehead atoms. The van der Waals surface area contributed by atoms with Gasteiger partial charge in [0.05, 0.1) is 31.3 Å². The molecule has 0 fully saturated rings. The number of halogens is 1. The van der Waals surface area contributed by atoms with Gasteiger partial charge in [-0.25, -0.2) is 8.42 Å². The molecule has 1 N–H and O–H groups in total. The highest BCUT2D eigenvalue weighted by Crippen LogP contribution is 2.37. The second-order valence-electron chi connectivity index (χ2n) is 5.31. The molecule has 9 heteroatoms. The second kappa shape index (κ2) is 6.37. The highest BCUT2D eigenvalue weighted by Gasteiger charge is 2.35. The van der Waals surface area contributed by atoms with Gasteiger partial charge in [0, 0.05) is 5.02 Å². The van der Waals surface area contributed by atoms with Crippen LogP contribution in [0.4, 0.5) is 5.69 Å². The van der Waals surface area contributed by atoms with Gasteiger partial charge in [-0.1, -0.05) is 11.6 Å². The van der Waals surface area contributed by atoms with Gasteiger partial charge >= 0.3 is 0 Å². The number of hydrogen-bond donors (Lipinski definition) is 1. The van der Waals surface area contributed by atoms with Crippen LogP contribution in [-0.2, 0) is 21.4 Å². The third kappa shape index (κ3) is 3.49. The van der Waals surface area contributed by atoms with Gasteiger partial charge in [0.15, 0.2) is 6.10 Å². The van der Waals surface area contributed by atoms with Gasteiger partial charge in [0.2, 0.25) is 10.0 Å². The molecular formula is C15H15ClN2O5S. The van der Waals surface area contributed by atoms with Crippen molar-refractivity contribution < 1.29 is 22.4 Å². The molecule has 1 aliphatic heterocycles. The van der Waals surface area contributed by atoms with Crippen molar-refractivity contribution in [2.75, 3.05) is 17.1 Å². The fourth-order valence-corrected chi connectivity index (χ4v) is 3.45. The molecule has 7 nitrogen and oxygen atoms in total. The molecule has 2 aromatic rings. The summed E-state index contributed by atoms with van der Waals surface area (Å²) < 4.78 is 36.0. The zero-order valence-electron chi connectivity index (χ0n) is 12.7. The lowest BCUT2D eigenvalue weighted by molar-refractivity contribution is -0.128. The van der Waals surface area contributed by atoms with Crippen LogP contribution in [0.3, 0.4) is 0 Å². The van der Waals surface area contributed by atoms with Crippen LogP contribution in [-0.4, -0.2) is 33.2 Å². The second-order valence-corrected chi connectivity index (χ2v) is 7.65. The molecular weight excluding hydrogens is 356 g/mol. The minimum Gasteiger partial charge on any atom is -0.476 e. The quantitative estimate of drug-likeness (QED) is 0.886. The van der Waals surface area contributed by atoms with Gasteiger partial charge in [0.25, 0.3) is 5.91 Å². The number of hydrogen-bond acceptors (Lipinski definition) is 5. The van der Waals surface area contributed by atoms with E-state index in [0.717, 1.165) is 10.6 Å². The predicted molar refractivity (Wildman–Crippen MR) is 88.6 cm³/mol. The molecule has 0 radical (unpaired) electrons. The first kappa shape index (κ1) is 16.7. The van der Waals surface area contributed by atoms with E-state index in [0.29, 0.717) is 16.5 Å². The van der Waals surface area contributed by atoms with Gasteiger partial charge in [0.1, 0.15) is 11.5 Å². The number of nitrogens with one attached hydrogen (secondary N) is 1. The van der Waals surface area contributed by atoms with Crippen molar-refractivity contribution in [3.63, 3.8) is 0 Å². The summed E-state index contributed by atoms with van der Waals surface area (Å²) in [5.41, 5.74) is 0.320. The van der Waals surface area contributed by atoms with Crippen LogP contribution in [0.15, 0.2) is 41.0 Å². The number of amides is 1. The molecule has 2 heterocycles. The Labute approximate surface area is 144 Å². The SMILES string of the molecule is CS(=O)(=O)N1C[C@H](C(=O)NCc2ccco2)Oc2ccc(Cl)cc21. The first-order valence-electron chi connectivity index (χ1n) is 7.08. The van der Waals surface area contributed by atoms with Crippen LogP contribution in [0.5, 0.6) is 5.75 Å². The fourth-order valence-electron chi connectivity index (χ4n) is 2.38. The monoisotopic (exact) mass is 370 g/mol. The number of ether oxygens (including phenoxy) is 1. The Morgan fingerprint density at radius 2 is 2.21 bits per heavy atom. The zero-order chi connectivity index (χ0) is 17.3. The molecule has 0 saturated carbocycles. The average molecular weight is 371 g/mol. The molecule has 3 rings (SSSR count). The molecule has 1 atom stereocenters. The minimum atomic E-state index is -3.58. The van der Waals surface area contributed by atoms with E-state index >= 15 is 0 Å². The number of carbonyl (C=O) groups excluding carboxylic acids is 1. The number of rotatable bonds is 4. The van der Waals surface area contributed by atoms with E-state index in [1.54, 1.807) is 24.3 Å². The lowest BCUT2D eigenvalue weighted by atomic mass is 10.2. The number of sulfonamides is 1. The third-order valence-electron chi connectivity index (χ3n) is 3.50. The van der Waals surface area contributed by atoms with E-state index in [1.807, 2.05) is 0 Å². The van der Waals surface area contributed by atoms with E-state index < -0.39 is 22.0 Å². The molecule has 0 saturated heterocycles. The Kier molecular flexibility index (Phi) is 4.42. The maximum atomic E-state index is 12.3. The highest BCUT2D eigenvalue weighted by atomic mass is 35.5. The molecule has 1 aromatic heterocycles. The van der Waals surface area contributed by atoms with Crippen molar-refractivity contribution in [2.45, 2.75) is 12.6 Å². The minimum absolute atomic E-state index is 0.129. The van der Waals surface area contributed by atoms with E-state index in [-0.39, 0.29) is 18.8 Å². The van der Waals surface area contributed by atoms with Gasteiger partial charge in [-0.3, -0.25) is 9.10 Å². The van der Waals surface area contributed by atoms with Crippen LogP contribution in [0.1, 0.15) is 5.76 Å². The number of fused-ring (bicyclic) bond motifs is 1. The van der Waals surface area contributed by atoms with E-state index in [2.05, 4.69) is 5.32 Å². The lowest BCUT2D eigenvalue weighted by Gasteiger charge is -2.34. The predicted octanol–water partition coefficient (Wildman–Crippen LogP) is 1.78. The Hall–Kier alpha value is -2.19. The summed E-state index contributed by atoms with van der Waals surface area (Å²) in [6, 6.07) is 8.05. The molecule has 1 aliphatic rings. The molecule has 1 aromatic carbocycles. The van der Waals surface area contributed by atoms with Gasteiger partial charge in [-0.2, -0.15) is 0 Å². The largest absolute Gasteiger partial charge is 0.476 e. The van der Waals surface area contributed by atoms with Crippen molar-refractivity contribution in [3.8, 4) is 5.75 Å². The van der Waals surface area contributed by atoms with Gasteiger partial charge < -0.3 is 14.5 Å². The smallest absolute Gasteiger partial charge is 0.263 e. The summed E-state index contributed by atoms with van der Waals surface area (Å²) in [4.78, 5) is 12.3. The van der Waals surface area contributed by atoms with Crippen LogP contribution in [0.2, 0.25) is 5.02 Å². The van der Waals surface area contributed by atoms with Crippen LogP contribution in [0.25, 0.3) is 0 Å². The summed E-state index contributed by atoms with van der Waals surface area (Å²) >= 11 is 5.93. The normalized spacial score (nSPS) is 17.1. The number of carbonyl (C=O) groups is 1. The van der Waals surface area contributed by atoms with Crippen molar-refractivity contribution in [1.82, 2.24) is 5.32 Å². The maximum absolute atomic E-state index is 12.3. The van der Waals surface area contributed by atoms with Crippen molar-refractivity contribution >= 4 is 33.2 Å². The lowest BCUT2D eigenvalue weighted by Crippen LogP contribution is -2.50. The zero-order valence-corrected chi connectivity index (χ0v) is 14.3. The Bertz CT molecular complexity index is 851. The first-order valence-corrected chi connectivity index (χ1v) is 9.31. The average Bonchev–Trinajstić information content (AvgIpc) is 3.04. The number of furan rings is 1. The Morgan fingerprint density at radius 3 is 2.88 bits per heavy atom. The van der Waals surface area contributed by atoms with Crippen molar-refractivity contribution in [1.29, 1.82) is 0 Å². The molecule has 1 amide bonds. The number of benzene rings is 1. The van der Waals surface area contributed by atoms with Crippen molar-refractivity contribution in [2.24, 2.45) is 0 Å². The summed E-state index contributed by atoms with van der Waals surface area (Å²) in [6.45, 7) is 0.0637. The maximum Gasteiger partial charge on any atom is 0.263 e. The molecule has 128 valence electrons. The Balaban J connectivity index is 1.81. The molecule has 0 unspecified atom stereocenters. The van der Waals surface area contributed by atoms with E-state index in [4.69, 9.17) is 20.8 Å². The van der Waals surface area contributed by atoms with Crippen LogP contribution < -0.4 is 14.4 Å². The topological polar surface area (TPSA) is 88.9 Å². The highest BCUT2D eigenvalue weighted by molar-refractivity contribution is 7.92. The summed E-state index contributed by atoms with van der Waals surface area (Å²) in [5, 5.41) is 3.04. The van der Waals surface area contributed by atoms with Crippen molar-refractivity contribution in [3.05, 3.63) is 47.4 Å². The van der Waals surface area contributed by atoms with Crippen LogP contribution in [0, 0.1) is 0 Å². The fraction of sp³-hybridized carbons (Fsp3) is 0.267. The van der Waals surface area contributed by atoms with E-state index in [1.165, 1.54) is 12.3 Å². The van der Waals surface area contributed by atoms with Crippen LogP contribution >= 0.6 is 11.6 Å². The number of nitrogens with zero attached hydrogens (tertiary/aromatic N) is 1. The first-order chi connectivity index (χ1) is 11.3. The summed E-state index contributed by atoms with van der Waals surface area (Å²) in [5.74, 6) is 0.446. The van der Waals surface area contributed by atoms with Gasteiger partial charge in [-0.15, -0.1) is 0 Å². The third-order valence-corrected chi connectivity index (χ3v) is 4.88. The van der Waals surface area contributed by atoms with E-state index in [9.17, 15) is 13.2 Å². The Morgan fingerprint density at radius 1 is 1.42 bits per heavy atom.